The Morgan fingerprint density at radius 1 is 1.00 bits per heavy atom. The summed E-state index contributed by atoms with van der Waals surface area (Å²) in [6.45, 7) is 9.94. The second-order valence-electron chi connectivity index (χ2n) is 6.10. The minimum Gasteiger partial charge on any atom is -0.311 e. The van der Waals surface area contributed by atoms with Crippen LogP contribution in [0.4, 0.5) is 0 Å². The molecule has 0 radical (unpaired) electrons. The first-order chi connectivity index (χ1) is 8.47. The summed E-state index contributed by atoms with van der Waals surface area (Å²) in [5.41, 5.74) is 1.61. The first-order valence-electron chi connectivity index (χ1n) is 6.70. The molecule has 1 nitrogen and oxygen atoms in total. The number of nitrogens with one attached hydrogen (secondary N) is 1. The van der Waals surface area contributed by atoms with Gasteiger partial charge in [0.05, 0.1) is 0 Å². The molecule has 0 saturated heterocycles. The van der Waals surface area contributed by atoms with Gasteiger partial charge in [-0.05, 0) is 43.0 Å². The number of fused-ring (bicyclic) bond motifs is 1. The molecule has 0 bridgehead atoms. The van der Waals surface area contributed by atoms with Crippen LogP contribution in [0.2, 0.25) is 0 Å². The third-order valence-corrected chi connectivity index (χ3v) is 3.29. The van der Waals surface area contributed by atoms with Crippen LogP contribution in [0.1, 0.15) is 39.2 Å². The van der Waals surface area contributed by atoms with E-state index in [9.17, 15) is 0 Å². The van der Waals surface area contributed by atoms with Crippen molar-refractivity contribution in [2.24, 2.45) is 0 Å². The van der Waals surface area contributed by atoms with E-state index in [4.69, 9.17) is 0 Å². The van der Waals surface area contributed by atoms with Gasteiger partial charge in [-0.1, -0.05) is 49.4 Å². The average molecular weight is 241 g/mol. The summed E-state index contributed by atoms with van der Waals surface area (Å²) in [6, 6.07) is 15.2. The van der Waals surface area contributed by atoms with Crippen LogP contribution < -0.4 is 5.32 Å². The Kier molecular flexibility index (Phi) is 3.72. The molecule has 0 spiro atoms. The highest BCUT2D eigenvalue weighted by atomic mass is 14.9. The smallest absolute Gasteiger partial charge is 0.00967 e. The fourth-order valence-corrected chi connectivity index (χ4v) is 2.25. The highest BCUT2D eigenvalue weighted by Gasteiger charge is 2.13. The van der Waals surface area contributed by atoms with Gasteiger partial charge in [0.2, 0.25) is 0 Å². The largest absolute Gasteiger partial charge is 0.311 e. The molecule has 0 fully saturated rings. The lowest BCUT2D eigenvalue weighted by Gasteiger charge is -2.24. The van der Waals surface area contributed by atoms with Crippen LogP contribution in [-0.4, -0.2) is 12.1 Å². The van der Waals surface area contributed by atoms with E-state index in [1.165, 1.54) is 16.3 Å². The molecule has 1 heteroatoms. The summed E-state index contributed by atoms with van der Waals surface area (Å²) < 4.78 is 0. The maximum atomic E-state index is 3.58. The lowest BCUT2D eigenvalue weighted by Crippen LogP contribution is -2.38. The lowest BCUT2D eigenvalue weighted by molar-refractivity contribution is 0.413. The number of hydrogen-bond donors (Lipinski definition) is 1. The van der Waals surface area contributed by atoms with Crippen molar-refractivity contribution in [3.05, 3.63) is 48.0 Å². The van der Waals surface area contributed by atoms with Gasteiger partial charge in [-0.3, -0.25) is 0 Å². The maximum Gasteiger partial charge on any atom is 0.00967 e. The molecule has 2 aromatic carbocycles. The van der Waals surface area contributed by atoms with E-state index in [0.29, 0.717) is 5.92 Å². The third-order valence-electron chi connectivity index (χ3n) is 3.29. The van der Waals surface area contributed by atoms with Crippen molar-refractivity contribution >= 4 is 10.8 Å². The molecule has 2 rings (SSSR count). The van der Waals surface area contributed by atoms with E-state index in [1.807, 2.05) is 0 Å². The van der Waals surface area contributed by atoms with E-state index in [2.05, 4.69) is 75.5 Å². The minimum absolute atomic E-state index is 0.179. The lowest BCUT2D eigenvalue weighted by atomic mass is 9.94. The van der Waals surface area contributed by atoms with Crippen LogP contribution >= 0.6 is 0 Å². The number of hydrogen-bond acceptors (Lipinski definition) is 1. The molecular formula is C17H23N. The Balaban J connectivity index is 2.25. The van der Waals surface area contributed by atoms with Gasteiger partial charge in [-0.15, -0.1) is 0 Å². The summed E-state index contributed by atoms with van der Waals surface area (Å²) in [4.78, 5) is 0. The van der Waals surface area contributed by atoms with Gasteiger partial charge in [0.15, 0.2) is 0 Å². The molecule has 96 valence electrons. The van der Waals surface area contributed by atoms with Crippen molar-refractivity contribution in [2.75, 3.05) is 6.54 Å². The second kappa shape index (κ2) is 5.11. The Labute approximate surface area is 110 Å². The van der Waals surface area contributed by atoms with Crippen LogP contribution in [0, 0.1) is 0 Å². The van der Waals surface area contributed by atoms with Crippen molar-refractivity contribution in [1.82, 2.24) is 5.32 Å². The average Bonchev–Trinajstić information content (AvgIpc) is 2.34. The molecule has 0 aliphatic rings. The zero-order valence-corrected chi connectivity index (χ0v) is 11.8. The molecule has 0 saturated carbocycles. The Hall–Kier alpha value is -1.34. The molecule has 1 atom stereocenters. The molecule has 1 unspecified atom stereocenters. The van der Waals surface area contributed by atoms with E-state index in [-0.39, 0.29) is 5.54 Å². The first kappa shape index (κ1) is 13.1. The number of benzene rings is 2. The van der Waals surface area contributed by atoms with Crippen LogP contribution in [0.3, 0.4) is 0 Å². The molecular weight excluding hydrogens is 218 g/mol. The summed E-state index contributed by atoms with van der Waals surface area (Å²) in [5.74, 6) is 0.523. The predicted octanol–water partition coefficient (Wildman–Crippen LogP) is 4.33. The molecule has 1 N–H and O–H groups in total. The van der Waals surface area contributed by atoms with Gasteiger partial charge in [-0.25, -0.2) is 0 Å². The quantitative estimate of drug-likeness (QED) is 0.843. The van der Waals surface area contributed by atoms with Gasteiger partial charge in [0, 0.05) is 12.1 Å². The number of rotatable bonds is 3. The Morgan fingerprint density at radius 2 is 1.67 bits per heavy atom. The van der Waals surface area contributed by atoms with Crippen molar-refractivity contribution in [3.8, 4) is 0 Å². The minimum atomic E-state index is 0.179. The zero-order chi connectivity index (χ0) is 13.2. The second-order valence-corrected chi connectivity index (χ2v) is 6.10. The highest BCUT2D eigenvalue weighted by molar-refractivity contribution is 5.86. The van der Waals surface area contributed by atoms with Crippen molar-refractivity contribution in [3.63, 3.8) is 0 Å². The summed E-state index contributed by atoms with van der Waals surface area (Å²) >= 11 is 0. The normalized spacial score (nSPS) is 13.8. The van der Waals surface area contributed by atoms with Crippen LogP contribution in [0.25, 0.3) is 10.8 Å². The Morgan fingerprint density at radius 3 is 2.39 bits per heavy atom. The SMILES string of the molecule is CC(CNC(C)(C)C)c1cccc2ccccc12. The van der Waals surface area contributed by atoms with Gasteiger partial charge in [0.25, 0.3) is 0 Å². The fourth-order valence-electron chi connectivity index (χ4n) is 2.25. The van der Waals surface area contributed by atoms with Crippen LogP contribution in [0.15, 0.2) is 42.5 Å². The van der Waals surface area contributed by atoms with Crippen LogP contribution in [0.5, 0.6) is 0 Å². The highest BCUT2D eigenvalue weighted by Crippen LogP contribution is 2.25. The van der Waals surface area contributed by atoms with Gasteiger partial charge in [0.1, 0.15) is 0 Å². The van der Waals surface area contributed by atoms with Crippen molar-refractivity contribution in [2.45, 2.75) is 39.2 Å². The standard InChI is InChI=1S/C17H23N/c1-13(12-18-17(2,3)4)15-11-7-9-14-8-5-6-10-16(14)15/h5-11,13,18H,12H2,1-4H3. The molecule has 0 aromatic heterocycles. The fraction of sp³-hybridized carbons (Fsp3) is 0.412. The van der Waals surface area contributed by atoms with Gasteiger partial charge < -0.3 is 5.32 Å². The molecule has 2 aromatic rings. The first-order valence-corrected chi connectivity index (χ1v) is 6.70. The maximum absolute atomic E-state index is 3.58. The Bertz CT molecular complexity index is 517. The van der Waals surface area contributed by atoms with Gasteiger partial charge in [-0.2, -0.15) is 0 Å². The predicted molar refractivity (Wildman–Crippen MR) is 80.1 cm³/mol. The van der Waals surface area contributed by atoms with E-state index >= 15 is 0 Å². The zero-order valence-electron chi connectivity index (χ0n) is 11.8. The van der Waals surface area contributed by atoms with Gasteiger partial charge >= 0.3 is 0 Å². The molecule has 18 heavy (non-hydrogen) atoms. The molecule has 0 amide bonds. The van der Waals surface area contributed by atoms with Crippen LogP contribution in [-0.2, 0) is 0 Å². The molecule has 0 aliphatic heterocycles. The monoisotopic (exact) mass is 241 g/mol. The molecule has 0 heterocycles. The topological polar surface area (TPSA) is 12.0 Å². The van der Waals surface area contributed by atoms with E-state index < -0.39 is 0 Å². The summed E-state index contributed by atoms with van der Waals surface area (Å²) in [7, 11) is 0. The van der Waals surface area contributed by atoms with E-state index in [0.717, 1.165) is 6.54 Å². The molecule has 0 aliphatic carbocycles. The van der Waals surface area contributed by atoms with Crippen molar-refractivity contribution in [1.29, 1.82) is 0 Å². The third kappa shape index (κ3) is 3.11. The summed E-state index contributed by atoms with van der Waals surface area (Å²) in [6.07, 6.45) is 0. The van der Waals surface area contributed by atoms with E-state index in [1.54, 1.807) is 0 Å². The van der Waals surface area contributed by atoms with Crippen molar-refractivity contribution < 1.29 is 0 Å². The summed E-state index contributed by atoms with van der Waals surface area (Å²) in [5, 5.41) is 6.29.